The Morgan fingerprint density at radius 2 is 1.90 bits per heavy atom. The molecule has 0 bridgehead atoms. The smallest absolute Gasteiger partial charge is 0.223 e. The molecule has 0 aromatic heterocycles. The summed E-state index contributed by atoms with van der Waals surface area (Å²) >= 11 is 0. The van der Waals surface area contributed by atoms with Gasteiger partial charge in [0, 0.05) is 39.1 Å². The van der Waals surface area contributed by atoms with Crippen LogP contribution in [0.15, 0.2) is 30.3 Å². The van der Waals surface area contributed by atoms with Gasteiger partial charge in [-0.05, 0) is 12.5 Å². The van der Waals surface area contributed by atoms with Crippen LogP contribution in [0.25, 0.3) is 0 Å². The summed E-state index contributed by atoms with van der Waals surface area (Å²) < 4.78 is 0. The SMILES string of the molecule is CC(C#N)CC(=O)N1CCN(Cc2ccccc2)CC1. The maximum absolute atomic E-state index is 12.0. The first kappa shape index (κ1) is 14.5. The third kappa shape index (κ3) is 4.07. The summed E-state index contributed by atoms with van der Waals surface area (Å²) in [4.78, 5) is 16.2. The number of amides is 1. The van der Waals surface area contributed by atoms with Crippen LogP contribution in [-0.2, 0) is 11.3 Å². The van der Waals surface area contributed by atoms with Gasteiger partial charge in [0.2, 0.25) is 5.91 Å². The molecule has 1 unspecified atom stereocenters. The summed E-state index contributed by atoms with van der Waals surface area (Å²) in [5, 5.41) is 8.76. The number of nitriles is 1. The third-order valence-electron chi connectivity index (χ3n) is 3.68. The lowest BCUT2D eigenvalue weighted by Gasteiger charge is -2.35. The van der Waals surface area contributed by atoms with Crippen molar-refractivity contribution in [3.63, 3.8) is 0 Å². The average molecular weight is 271 g/mol. The molecule has 1 heterocycles. The van der Waals surface area contributed by atoms with Crippen LogP contribution in [0, 0.1) is 17.2 Å². The number of rotatable bonds is 4. The largest absolute Gasteiger partial charge is 0.340 e. The van der Waals surface area contributed by atoms with E-state index in [1.807, 2.05) is 11.0 Å². The van der Waals surface area contributed by atoms with Gasteiger partial charge in [-0.1, -0.05) is 30.3 Å². The first-order chi connectivity index (χ1) is 9.69. The van der Waals surface area contributed by atoms with E-state index < -0.39 is 0 Å². The number of carbonyl (C=O) groups is 1. The van der Waals surface area contributed by atoms with Crippen LogP contribution in [0.3, 0.4) is 0 Å². The molecule has 0 saturated carbocycles. The van der Waals surface area contributed by atoms with E-state index in [0.717, 1.165) is 32.7 Å². The molecule has 0 radical (unpaired) electrons. The normalized spacial score (nSPS) is 17.5. The zero-order valence-corrected chi connectivity index (χ0v) is 12.0. The van der Waals surface area contributed by atoms with Gasteiger partial charge in [0.25, 0.3) is 0 Å². The molecule has 1 fully saturated rings. The second-order valence-electron chi connectivity index (χ2n) is 5.38. The van der Waals surface area contributed by atoms with Crippen molar-refractivity contribution in [2.24, 2.45) is 5.92 Å². The van der Waals surface area contributed by atoms with Gasteiger partial charge in [-0.25, -0.2) is 0 Å². The molecular formula is C16H21N3O. The predicted molar refractivity (Wildman–Crippen MR) is 77.7 cm³/mol. The minimum absolute atomic E-state index is 0.110. The molecular weight excluding hydrogens is 250 g/mol. The number of hydrogen-bond acceptors (Lipinski definition) is 3. The number of piperazine rings is 1. The molecule has 1 aliphatic rings. The molecule has 1 amide bonds. The van der Waals surface area contributed by atoms with Crippen LogP contribution in [0.5, 0.6) is 0 Å². The monoisotopic (exact) mass is 271 g/mol. The Kier molecular flexibility index (Phi) is 5.14. The first-order valence-corrected chi connectivity index (χ1v) is 7.12. The Bertz CT molecular complexity index is 472. The van der Waals surface area contributed by atoms with Gasteiger partial charge in [-0.2, -0.15) is 5.26 Å². The van der Waals surface area contributed by atoms with Crippen molar-refractivity contribution in [3.8, 4) is 6.07 Å². The second kappa shape index (κ2) is 7.06. The van der Waals surface area contributed by atoms with Crippen molar-refractivity contribution in [3.05, 3.63) is 35.9 Å². The van der Waals surface area contributed by atoms with E-state index in [9.17, 15) is 4.79 Å². The number of hydrogen-bond donors (Lipinski definition) is 0. The molecule has 1 saturated heterocycles. The van der Waals surface area contributed by atoms with Crippen LogP contribution < -0.4 is 0 Å². The molecule has 1 aromatic rings. The van der Waals surface area contributed by atoms with E-state index in [4.69, 9.17) is 5.26 Å². The van der Waals surface area contributed by atoms with Crippen LogP contribution in [0.4, 0.5) is 0 Å². The van der Waals surface area contributed by atoms with Gasteiger partial charge in [-0.3, -0.25) is 9.69 Å². The van der Waals surface area contributed by atoms with Gasteiger partial charge in [0.15, 0.2) is 0 Å². The van der Waals surface area contributed by atoms with E-state index in [2.05, 4.69) is 35.2 Å². The number of carbonyl (C=O) groups excluding carboxylic acids is 1. The molecule has 0 N–H and O–H groups in total. The van der Waals surface area contributed by atoms with Crippen LogP contribution in [-0.4, -0.2) is 41.9 Å². The standard InChI is InChI=1S/C16H21N3O/c1-14(12-17)11-16(20)19-9-7-18(8-10-19)13-15-5-3-2-4-6-15/h2-6,14H,7-11,13H2,1H3. The Labute approximate surface area is 120 Å². The molecule has 4 nitrogen and oxygen atoms in total. The highest BCUT2D eigenvalue weighted by Crippen LogP contribution is 2.11. The number of nitrogens with zero attached hydrogens (tertiary/aromatic N) is 3. The minimum Gasteiger partial charge on any atom is -0.340 e. The molecule has 1 aliphatic heterocycles. The van der Waals surface area contributed by atoms with Crippen molar-refractivity contribution in [1.82, 2.24) is 9.80 Å². The summed E-state index contributed by atoms with van der Waals surface area (Å²) in [6.45, 7) is 6.08. The Hall–Kier alpha value is -1.86. The first-order valence-electron chi connectivity index (χ1n) is 7.12. The van der Waals surface area contributed by atoms with Crippen LogP contribution >= 0.6 is 0 Å². The molecule has 0 spiro atoms. The second-order valence-corrected chi connectivity index (χ2v) is 5.38. The maximum Gasteiger partial charge on any atom is 0.223 e. The fourth-order valence-corrected chi connectivity index (χ4v) is 2.43. The zero-order valence-electron chi connectivity index (χ0n) is 12.0. The predicted octanol–water partition coefficient (Wildman–Crippen LogP) is 1.88. The van der Waals surface area contributed by atoms with Gasteiger partial charge in [0.05, 0.1) is 12.0 Å². The topological polar surface area (TPSA) is 47.3 Å². The molecule has 106 valence electrons. The lowest BCUT2D eigenvalue weighted by molar-refractivity contribution is -0.133. The van der Waals surface area contributed by atoms with E-state index in [0.29, 0.717) is 6.42 Å². The average Bonchev–Trinajstić information content (AvgIpc) is 2.49. The van der Waals surface area contributed by atoms with Crippen molar-refractivity contribution in [1.29, 1.82) is 5.26 Å². The van der Waals surface area contributed by atoms with Crippen molar-refractivity contribution < 1.29 is 4.79 Å². The summed E-state index contributed by atoms with van der Waals surface area (Å²) in [7, 11) is 0. The fourth-order valence-electron chi connectivity index (χ4n) is 2.43. The van der Waals surface area contributed by atoms with Crippen molar-refractivity contribution in [2.75, 3.05) is 26.2 Å². The molecule has 0 aliphatic carbocycles. The minimum atomic E-state index is -0.190. The van der Waals surface area contributed by atoms with E-state index in [1.54, 1.807) is 6.92 Å². The number of benzene rings is 1. The molecule has 4 heteroatoms. The molecule has 2 rings (SSSR count). The molecule has 1 atom stereocenters. The van der Waals surface area contributed by atoms with E-state index >= 15 is 0 Å². The highest BCUT2D eigenvalue weighted by atomic mass is 16.2. The lowest BCUT2D eigenvalue weighted by Crippen LogP contribution is -2.48. The fraction of sp³-hybridized carbons (Fsp3) is 0.500. The van der Waals surface area contributed by atoms with Crippen LogP contribution in [0.1, 0.15) is 18.9 Å². The van der Waals surface area contributed by atoms with E-state index in [-0.39, 0.29) is 11.8 Å². The van der Waals surface area contributed by atoms with Gasteiger partial charge in [0.1, 0.15) is 0 Å². The van der Waals surface area contributed by atoms with Crippen molar-refractivity contribution >= 4 is 5.91 Å². The van der Waals surface area contributed by atoms with Gasteiger partial charge in [-0.15, -0.1) is 0 Å². The third-order valence-corrected chi connectivity index (χ3v) is 3.68. The van der Waals surface area contributed by atoms with E-state index in [1.165, 1.54) is 5.56 Å². The van der Waals surface area contributed by atoms with Crippen LogP contribution in [0.2, 0.25) is 0 Å². The van der Waals surface area contributed by atoms with Gasteiger partial charge >= 0.3 is 0 Å². The Morgan fingerprint density at radius 1 is 1.25 bits per heavy atom. The van der Waals surface area contributed by atoms with Gasteiger partial charge < -0.3 is 4.90 Å². The Morgan fingerprint density at radius 3 is 2.50 bits per heavy atom. The summed E-state index contributed by atoms with van der Waals surface area (Å²) in [5.41, 5.74) is 1.31. The molecule has 1 aromatic carbocycles. The highest BCUT2D eigenvalue weighted by molar-refractivity contribution is 5.76. The molecule has 20 heavy (non-hydrogen) atoms. The summed E-state index contributed by atoms with van der Waals surface area (Å²) in [6.07, 6.45) is 0.342. The maximum atomic E-state index is 12.0. The highest BCUT2D eigenvalue weighted by Gasteiger charge is 2.22. The zero-order chi connectivity index (χ0) is 14.4. The quantitative estimate of drug-likeness (QED) is 0.840. The Balaban J connectivity index is 1.78. The lowest BCUT2D eigenvalue weighted by atomic mass is 10.1. The summed E-state index contributed by atoms with van der Waals surface area (Å²) in [5.74, 6) is -0.0803. The summed E-state index contributed by atoms with van der Waals surface area (Å²) in [6, 6.07) is 12.5. The van der Waals surface area contributed by atoms with Crippen molar-refractivity contribution in [2.45, 2.75) is 19.9 Å².